The van der Waals surface area contributed by atoms with Crippen molar-refractivity contribution in [1.29, 1.82) is 0 Å². The highest BCUT2D eigenvalue weighted by atomic mass is 16.1. The van der Waals surface area contributed by atoms with Crippen LogP contribution in [0.15, 0.2) is 35.1 Å². The summed E-state index contributed by atoms with van der Waals surface area (Å²) in [5, 5.41) is 0. The van der Waals surface area contributed by atoms with E-state index in [4.69, 9.17) is 4.98 Å². The van der Waals surface area contributed by atoms with E-state index in [9.17, 15) is 4.79 Å². The van der Waals surface area contributed by atoms with E-state index in [2.05, 4.69) is 16.4 Å². The largest absolute Gasteiger partial charge is 0.315 e. The van der Waals surface area contributed by atoms with E-state index in [0.717, 1.165) is 40.5 Å². The van der Waals surface area contributed by atoms with Crippen LogP contribution < -0.4 is 5.56 Å². The molecule has 0 N–H and O–H groups in total. The average molecular weight is 415 g/mol. The van der Waals surface area contributed by atoms with Crippen molar-refractivity contribution in [3.8, 4) is 11.3 Å². The van der Waals surface area contributed by atoms with Crippen molar-refractivity contribution < 1.29 is 0 Å². The molecule has 0 amide bonds. The summed E-state index contributed by atoms with van der Waals surface area (Å²) in [6, 6.07) is 10.1. The zero-order valence-electron chi connectivity index (χ0n) is 21.0. The normalized spacial score (nSPS) is 9.87. The molecule has 30 heavy (non-hydrogen) atoms. The molecule has 2 aromatic heterocycles. The third kappa shape index (κ3) is 5.82. The molecule has 0 fully saturated rings. The van der Waals surface area contributed by atoms with Crippen LogP contribution in [0.2, 0.25) is 0 Å². The van der Waals surface area contributed by atoms with Crippen LogP contribution in [0, 0.1) is 13.8 Å². The van der Waals surface area contributed by atoms with E-state index in [1.807, 2.05) is 99.8 Å². The highest BCUT2D eigenvalue weighted by molar-refractivity contribution is 5.65. The number of nitrogens with zero attached hydrogens (tertiary/aromatic N) is 4. The van der Waals surface area contributed by atoms with Crippen molar-refractivity contribution in [2.45, 2.75) is 75.4 Å². The van der Waals surface area contributed by atoms with E-state index < -0.39 is 0 Å². The van der Waals surface area contributed by atoms with Crippen LogP contribution in [-0.4, -0.2) is 32.9 Å². The molecule has 2 heterocycles. The summed E-state index contributed by atoms with van der Waals surface area (Å²) >= 11 is 0. The van der Waals surface area contributed by atoms with E-state index in [-0.39, 0.29) is 5.56 Å². The molecule has 0 aliphatic carbocycles. The molecular weight excluding hydrogens is 372 g/mol. The van der Waals surface area contributed by atoms with Crippen molar-refractivity contribution in [2.75, 3.05) is 14.1 Å². The molecule has 0 unspecified atom stereocenters. The van der Waals surface area contributed by atoms with Gasteiger partial charge in [0.15, 0.2) is 0 Å². The Morgan fingerprint density at radius 1 is 0.933 bits per heavy atom. The molecular formula is C25H42N4O. The number of imidazole rings is 1. The Bertz CT molecular complexity index is 937. The molecule has 0 radical (unpaired) electrons. The fraction of sp³-hybridized carbons (Fsp3) is 0.520. The standard InChI is InChI=1S/C19H24N4O.3C2H6/c1-6-22-14(3)13(2)18(24)23-16(12-21(4)5)17(20-19(22)23)15-10-8-7-9-11-15;3*1-2/h7-11H,6,12H2,1-5H3;3*1-2H3. The van der Waals surface area contributed by atoms with Gasteiger partial charge in [-0.15, -0.1) is 0 Å². The van der Waals surface area contributed by atoms with Crippen molar-refractivity contribution >= 4 is 5.78 Å². The van der Waals surface area contributed by atoms with Gasteiger partial charge in [-0.2, -0.15) is 0 Å². The summed E-state index contributed by atoms with van der Waals surface area (Å²) in [5.41, 5.74) is 4.65. The fourth-order valence-corrected chi connectivity index (χ4v) is 3.16. The molecule has 5 nitrogen and oxygen atoms in total. The van der Waals surface area contributed by atoms with Crippen LogP contribution in [0.4, 0.5) is 0 Å². The summed E-state index contributed by atoms with van der Waals surface area (Å²) in [6.07, 6.45) is 0. The maximum absolute atomic E-state index is 13.0. The summed E-state index contributed by atoms with van der Waals surface area (Å²) in [5.74, 6) is 0.723. The number of aryl methyl sites for hydroxylation is 1. The van der Waals surface area contributed by atoms with E-state index in [0.29, 0.717) is 6.54 Å². The SMILES string of the molecule is CC.CC.CC.CCn1c(C)c(C)c(=O)n2c(CN(C)C)c(-c3ccccc3)nc12. The molecule has 5 heteroatoms. The maximum atomic E-state index is 13.0. The van der Waals surface area contributed by atoms with Crippen LogP contribution in [0.5, 0.6) is 0 Å². The Morgan fingerprint density at radius 3 is 1.93 bits per heavy atom. The molecule has 3 rings (SSSR count). The predicted molar refractivity (Wildman–Crippen MR) is 131 cm³/mol. The lowest BCUT2D eigenvalue weighted by Gasteiger charge is -2.14. The minimum Gasteiger partial charge on any atom is -0.315 e. The lowest BCUT2D eigenvalue weighted by molar-refractivity contribution is 0.395. The highest BCUT2D eigenvalue weighted by Crippen LogP contribution is 2.25. The highest BCUT2D eigenvalue weighted by Gasteiger charge is 2.20. The van der Waals surface area contributed by atoms with Gasteiger partial charge in [0.1, 0.15) is 0 Å². The van der Waals surface area contributed by atoms with Gasteiger partial charge in [0.25, 0.3) is 5.56 Å². The van der Waals surface area contributed by atoms with Crippen molar-refractivity contribution in [2.24, 2.45) is 0 Å². The number of hydrogen-bond acceptors (Lipinski definition) is 3. The van der Waals surface area contributed by atoms with Crippen molar-refractivity contribution in [3.63, 3.8) is 0 Å². The molecule has 0 aliphatic heterocycles. The predicted octanol–water partition coefficient (Wildman–Crippen LogP) is 5.94. The molecule has 3 aromatic rings. The van der Waals surface area contributed by atoms with Gasteiger partial charge in [-0.3, -0.25) is 4.79 Å². The van der Waals surface area contributed by atoms with Gasteiger partial charge in [-0.1, -0.05) is 71.9 Å². The second-order valence-corrected chi connectivity index (χ2v) is 6.41. The Balaban J connectivity index is 0.00000129. The lowest BCUT2D eigenvalue weighted by atomic mass is 10.1. The maximum Gasteiger partial charge on any atom is 0.262 e. The van der Waals surface area contributed by atoms with Gasteiger partial charge in [0.2, 0.25) is 5.78 Å². The second kappa shape index (κ2) is 13.8. The Hall–Kier alpha value is -2.40. The summed E-state index contributed by atoms with van der Waals surface area (Å²) < 4.78 is 3.90. The van der Waals surface area contributed by atoms with Gasteiger partial charge < -0.3 is 9.47 Å². The first-order chi connectivity index (χ1) is 14.5. The molecule has 0 saturated carbocycles. The third-order valence-corrected chi connectivity index (χ3v) is 4.50. The fourth-order valence-electron chi connectivity index (χ4n) is 3.16. The van der Waals surface area contributed by atoms with Gasteiger partial charge in [-0.25, -0.2) is 9.38 Å². The molecule has 0 saturated heterocycles. The summed E-state index contributed by atoms with van der Waals surface area (Å²) in [7, 11) is 4.02. The van der Waals surface area contributed by atoms with E-state index in [1.165, 1.54) is 0 Å². The topological polar surface area (TPSA) is 42.5 Å². The third-order valence-electron chi connectivity index (χ3n) is 4.50. The number of fused-ring (bicyclic) bond motifs is 1. The van der Waals surface area contributed by atoms with Crippen molar-refractivity contribution in [3.05, 3.63) is 57.6 Å². The van der Waals surface area contributed by atoms with E-state index >= 15 is 0 Å². The quantitative estimate of drug-likeness (QED) is 0.530. The minimum absolute atomic E-state index is 0.0266. The Morgan fingerprint density at radius 2 is 1.47 bits per heavy atom. The smallest absolute Gasteiger partial charge is 0.262 e. The van der Waals surface area contributed by atoms with Gasteiger partial charge in [0.05, 0.1) is 11.4 Å². The summed E-state index contributed by atoms with van der Waals surface area (Å²) in [6.45, 7) is 19.4. The van der Waals surface area contributed by atoms with Crippen LogP contribution in [0.25, 0.3) is 17.0 Å². The zero-order valence-corrected chi connectivity index (χ0v) is 21.0. The molecule has 0 spiro atoms. The lowest BCUT2D eigenvalue weighted by Crippen LogP contribution is -2.26. The molecule has 168 valence electrons. The molecule has 0 bridgehead atoms. The Labute approximate surface area is 183 Å². The van der Waals surface area contributed by atoms with Gasteiger partial charge in [0, 0.05) is 29.9 Å². The monoisotopic (exact) mass is 414 g/mol. The molecule has 0 aliphatic rings. The summed E-state index contributed by atoms with van der Waals surface area (Å²) in [4.78, 5) is 19.9. The average Bonchev–Trinajstić information content (AvgIpc) is 3.15. The van der Waals surface area contributed by atoms with Crippen LogP contribution >= 0.6 is 0 Å². The van der Waals surface area contributed by atoms with Crippen molar-refractivity contribution in [1.82, 2.24) is 18.9 Å². The van der Waals surface area contributed by atoms with Crippen LogP contribution in [-0.2, 0) is 13.1 Å². The number of rotatable bonds is 4. The number of hydrogen-bond donors (Lipinski definition) is 0. The van der Waals surface area contributed by atoms with Crippen LogP contribution in [0.3, 0.4) is 0 Å². The minimum atomic E-state index is 0.0266. The first-order valence-corrected chi connectivity index (χ1v) is 11.3. The van der Waals surface area contributed by atoms with Gasteiger partial charge >= 0.3 is 0 Å². The van der Waals surface area contributed by atoms with E-state index in [1.54, 1.807) is 4.40 Å². The number of aromatic nitrogens is 3. The first-order valence-electron chi connectivity index (χ1n) is 11.3. The molecule has 0 atom stereocenters. The van der Waals surface area contributed by atoms with Crippen LogP contribution in [0.1, 0.15) is 65.4 Å². The second-order valence-electron chi connectivity index (χ2n) is 6.41. The first kappa shape index (κ1) is 27.6. The van der Waals surface area contributed by atoms with Gasteiger partial charge in [-0.05, 0) is 34.9 Å². The Kier molecular flexibility index (Phi) is 12.7. The molecule has 1 aromatic carbocycles. The zero-order chi connectivity index (χ0) is 23.4. The number of benzene rings is 1.